The molecule has 0 aliphatic carbocycles. The highest BCUT2D eigenvalue weighted by Gasteiger charge is 2.67. The van der Waals surface area contributed by atoms with Gasteiger partial charge < -0.3 is 14.8 Å². The summed E-state index contributed by atoms with van der Waals surface area (Å²) >= 11 is 11.8. The van der Waals surface area contributed by atoms with Gasteiger partial charge in [-0.25, -0.2) is 4.79 Å². The van der Waals surface area contributed by atoms with Gasteiger partial charge in [-0.2, -0.15) is 13.2 Å². The van der Waals surface area contributed by atoms with Crippen LogP contribution in [-0.2, 0) is 15.2 Å². The van der Waals surface area contributed by atoms with Gasteiger partial charge in [-0.05, 0) is 63.6 Å². The van der Waals surface area contributed by atoms with Crippen molar-refractivity contribution < 1.29 is 32.7 Å². The highest BCUT2D eigenvalue weighted by molar-refractivity contribution is 6.51. The molecule has 0 bridgehead atoms. The normalized spacial score (nSPS) is 18.9. The molecule has 1 unspecified atom stereocenters. The number of benzene rings is 2. The number of ether oxygens (including phenoxy) is 1. The Morgan fingerprint density at radius 2 is 1.66 bits per heavy atom. The van der Waals surface area contributed by atoms with E-state index in [1.165, 1.54) is 24.3 Å². The summed E-state index contributed by atoms with van der Waals surface area (Å²) in [6.45, 7) is 10.7. The van der Waals surface area contributed by atoms with Gasteiger partial charge in [0.2, 0.25) is 0 Å². The molecule has 0 fully saturated rings. The molecule has 1 atom stereocenters. The van der Waals surface area contributed by atoms with Gasteiger partial charge in [0, 0.05) is 21.2 Å². The summed E-state index contributed by atoms with van der Waals surface area (Å²) in [6, 6.07) is 7.42. The smallest absolute Gasteiger partial charge is 0.441 e. The summed E-state index contributed by atoms with van der Waals surface area (Å²) < 4.78 is 48.4. The molecule has 1 N–H and O–H groups in total. The fourth-order valence-electron chi connectivity index (χ4n) is 3.34. The molecule has 0 saturated carbocycles. The van der Waals surface area contributed by atoms with E-state index in [0.29, 0.717) is 5.56 Å². The highest BCUT2D eigenvalue weighted by atomic mass is 35.5. The van der Waals surface area contributed by atoms with Crippen LogP contribution in [0.2, 0.25) is 10.0 Å². The quantitative estimate of drug-likeness (QED) is 0.255. The van der Waals surface area contributed by atoms with Crippen molar-refractivity contribution in [2.45, 2.75) is 58.9 Å². The summed E-state index contributed by atoms with van der Waals surface area (Å²) in [6.07, 6.45) is -5.10. The number of nitrogens with zero attached hydrogens (tertiary/aromatic N) is 2. The Morgan fingerprint density at radius 3 is 2.11 bits per heavy atom. The van der Waals surface area contributed by atoms with Gasteiger partial charge in [-0.1, -0.05) is 53.4 Å². The molecule has 2 aromatic carbocycles. The molecule has 0 aromatic heterocycles. The summed E-state index contributed by atoms with van der Waals surface area (Å²) in [4.78, 5) is 17.3. The van der Waals surface area contributed by atoms with Crippen molar-refractivity contribution in [2.75, 3.05) is 0 Å². The van der Waals surface area contributed by atoms with Gasteiger partial charge >= 0.3 is 17.7 Å². The van der Waals surface area contributed by atoms with Gasteiger partial charge in [0.05, 0.1) is 5.56 Å². The van der Waals surface area contributed by atoms with Crippen LogP contribution in [0, 0.1) is 6.92 Å². The zero-order valence-corrected chi connectivity index (χ0v) is 21.4. The van der Waals surface area contributed by atoms with E-state index in [-0.39, 0.29) is 26.9 Å². The van der Waals surface area contributed by atoms with Crippen LogP contribution in [0.3, 0.4) is 0 Å². The second-order valence-corrected chi connectivity index (χ2v) is 9.22. The lowest BCUT2D eigenvalue weighted by Crippen LogP contribution is -2.50. The van der Waals surface area contributed by atoms with Crippen LogP contribution in [0.15, 0.2) is 46.7 Å². The number of carbonyl (C=O) groups is 1. The van der Waals surface area contributed by atoms with Crippen molar-refractivity contribution in [3.63, 3.8) is 0 Å². The first-order valence-corrected chi connectivity index (χ1v) is 11.3. The maximum absolute atomic E-state index is 14.4. The fraction of sp³-hybridized carbons (Fsp3) is 0.375. The first-order chi connectivity index (χ1) is 16.2. The molecule has 190 valence electrons. The van der Waals surface area contributed by atoms with Gasteiger partial charge in [-0.15, -0.1) is 0 Å². The minimum absolute atomic E-state index is 0.0759. The van der Waals surface area contributed by atoms with Crippen LogP contribution in [0.25, 0.3) is 0 Å². The molecule has 6 nitrogen and oxygen atoms in total. The number of carbonyl (C=O) groups excluding carboxylic acids is 1. The van der Waals surface area contributed by atoms with E-state index in [1.807, 2.05) is 13.8 Å². The van der Waals surface area contributed by atoms with Crippen LogP contribution in [0.1, 0.15) is 61.7 Å². The predicted molar refractivity (Wildman–Crippen MR) is 129 cm³/mol. The molecule has 1 heterocycles. The highest BCUT2D eigenvalue weighted by Crippen LogP contribution is 2.48. The van der Waals surface area contributed by atoms with Crippen LogP contribution in [0.4, 0.5) is 13.2 Å². The minimum Gasteiger partial charge on any atom is -0.456 e. The molecular weight excluding hydrogens is 508 g/mol. The molecule has 35 heavy (non-hydrogen) atoms. The number of hydrogen-bond acceptors (Lipinski definition) is 6. The van der Waals surface area contributed by atoms with Crippen LogP contribution >= 0.6 is 23.2 Å². The minimum atomic E-state index is -5.10. The van der Waals surface area contributed by atoms with Gasteiger partial charge in [0.1, 0.15) is 11.3 Å². The molecule has 1 aliphatic rings. The van der Waals surface area contributed by atoms with Crippen molar-refractivity contribution in [1.29, 1.82) is 0 Å². The fourth-order valence-corrected chi connectivity index (χ4v) is 3.87. The zero-order chi connectivity index (χ0) is 26.8. The Labute approximate surface area is 211 Å². The van der Waals surface area contributed by atoms with E-state index in [2.05, 4.69) is 10.3 Å². The predicted octanol–water partition coefficient (Wildman–Crippen LogP) is 7.31. The molecule has 0 spiro atoms. The summed E-state index contributed by atoms with van der Waals surface area (Å²) in [7, 11) is 0. The Hall–Kier alpha value is -2.78. The third-order valence-corrected chi connectivity index (χ3v) is 5.16. The monoisotopic (exact) mass is 532 g/mol. The standard InChI is InChI=1S/C22H19Cl2F3N2O4.C2H6/c1-11-7-12(5-6-16(11)19(30)32-20(2,3)4)17-18(28-31)21(33-29-17,22(25,26)27)13-8-14(23)10-15(24)9-13;1-2/h5-10,31H,1-4H3;1-2H3/b28-18+;. The van der Waals surface area contributed by atoms with E-state index in [4.69, 9.17) is 32.8 Å². The van der Waals surface area contributed by atoms with E-state index in [0.717, 1.165) is 12.1 Å². The summed E-state index contributed by atoms with van der Waals surface area (Å²) in [5.74, 6) is -0.592. The third kappa shape index (κ3) is 5.73. The maximum atomic E-state index is 14.4. The third-order valence-electron chi connectivity index (χ3n) is 4.72. The van der Waals surface area contributed by atoms with Crippen molar-refractivity contribution in [1.82, 2.24) is 0 Å². The maximum Gasteiger partial charge on any atom is 0.441 e. The van der Waals surface area contributed by atoms with Crippen LogP contribution < -0.4 is 0 Å². The van der Waals surface area contributed by atoms with E-state index >= 15 is 0 Å². The van der Waals surface area contributed by atoms with Crippen molar-refractivity contribution in [3.05, 3.63) is 68.7 Å². The molecule has 0 radical (unpaired) electrons. The van der Waals surface area contributed by atoms with E-state index in [9.17, 15) is 23.2 Å². The Bertz CT molecular complexity index is 1150. The van der Waals surface area contributed by atoms with Gasteiger partial charge in [0.25, 0.3) is 0 Å². The summed E-state index contributed by atoms with van der Waals surface area (Å²) in [5.41, 5.74) is -5.00. The second kappa shape index (κ2) is 10.5. The number of halogens is 5. The average molecular weight is 533 g/mol. The van der Waals surface area contributed by atoms with Crippen LogP contribution in [-0.4, -0.2) is 34.4 Å². The lowest BCUT2D eigenvalue weighted by molar-refractivity contribution is -0.250. The number of alkyl halides is 3. The molecule has 2 aromatic rings. The number of rotatable bonds is 3. The molecule has 11 heteroatoms. The van der Waals surface area contributed by atoms with Crippen molar-refractivity contribution in [2.24, 2.45) is 10.3 Å². The Balaban J connectivity index is 0.00000210. The van der Waals surface area contributed by atoms with Crippen molar-refractivity contribution in [3.8, 4) is 0 Å². The number of hydrogen-bond donors (Lipinski definition) is 1. The number of aryl methyl sites for hydroxylation is 1. The zero-order valence-electron chi connectivity index (χ0n) is 19.9. The topological polar surface area (TPSA) is 80.5 Å². The molecule has 0 amide bonds. The molecular formula is C24H25Cl2F3N2O4. The first kappa shape index (κ1) is 28.5. The van der Waals surface area contributed by atoms with Gasteiger partial charge in [0.15, 0.2) is 5.71 Å². The molecule has 0 saturated heterocycles. The number of oxime groups is 2. The first-order valence-electron chi connectivity index (χ1n) is 10.6. The van der Waals surface area contributed by atoms with Crippen molar-refractivity contribution >= 4 is 40.6 Å². The summed E-state index contributed by atoms with van der Waals surface area (Å²) in [5, 5.41) is 16.0. The SMILES string of the molecule is CC.Cc1cc(C2=NOC(c3cc(Cl)cc(Cl)c3)(C(F)(F)F)/C2=N/O)ccc1C(=O)OC(C)(C)C. The lowest BCUT2D eigenvalue weighted by Gasteiger charge is -2.29. The molecule has 3 rings (SSSR count). The Kier molecular flexibility index (Phi) is 8.50. The Morgan fingerprint density at radius 1 is 1.09 bits per heavy atom. The van der Waals surface area contributed by atoms with Gasteiger partial charge in [-0.3, -0.25) is 0 Å². The lowest BCUT2D eigenvalue weighted by atomic mass is 9.84. The second-order valence-electron chi connectivity index (χ2n) is 8.35. The van der Waals surface area contributed by atoms with Crippen LogP contribution in [0.5, 0.6) is 0 Å². The van der Waals surface area contributed by atoms with E-state index in [1.54, 1.807) is 27.7 Å². The van der Waals surface area contributed by atoms with E-state index < -0.39 is 34.6 Å². The average Bonchev–Trinajstić information content (AvgIpc) is 3.14. The molecule has 1 aliphatic heterocycles. The number of esters is 1. The largest absolute Gasteiger partial charge is 0.456 e.